The van der Waals surface area contributed by atoms with Crippen LogP contribution in [-0.2, 0) is 0 Å². The van der Waals surface area contributed by atoms with Gasteiger partial charge in [-0.15, -0.1) is 0 Å². The fourth-order valence-corrected chi connectivity index (χ4v) is 2.29. The summed E-state index contributed by atoms with van der Waals surface area (Å²) in [5, 5.41) is 2.25. The van der Waals surface area contributed by atoms with Crippen LogP contribution in [0.4, 0.5) is 0 Å². The molecule has 0 aliphatic rings. The minimum absolute atomic E-state index is 0.0170. The van der Waals surface area contributed by atoms with Crippen molar-refractivity contribution < 1.29 is 4.74 Å². The first-order valence-corrected chi connectivity index (χ1v) is 7.15. The summed E-state index contributed by atoms with van der Waals surface area (Å²) in [4.78, 5) is 4.38. The van der Waals surface area contributed by atoms with Crippen molar-refractivity contribution in [3.63, 3.8) is 0 Å². The summed E-state index contributed by atoms with van der Waals surface area (Å²) < 4.78 is 5.96. The van der Waals surface area contributed by atoms with Gasteiger partial charge in [0.25, 0.3) is 0 Å². The summed E-state index contributed by atoms with van der Waals surface area (Å²) in [6, 6.07) is 18.0. The third kappa shape index (κ3) is 2.88. The van der Waals surface area contributed by atoms with Crippen molar-refractivity contribution in [3.05, 3.63) is 66.5 Å². The number of hydrogen-bond acceptors (Lipinski definition) is 3. The maximum atomic E-state index is 5.97. The van der Waals surface area contributed by atoms with Crippen molar-refractivity contribution in [1.82, 2.24) is 4.98 Å². The van der Waals surface area contributed by atoms with E-state index < -0.39 is 0 Å². The van der Waals surface area contributed by atoms with E-state index in [1.165, 1.54) is 0 Å². The summed E-state index contributed by atoms with van der Waals surface area (Å²) in [6.45, 7) is 2.05. The molecule has 1 heterocycles. The number of aromatic nitrogens is 1. The van der Waals surface area contributed by atoms with Gasteiger partial charge in [0.1, 0.15) is 11.5 Å². The summed E-state index contributed by atoms with van der Waals surface area (Å²) in [6.07, 6.45) is 2.60. The monoisotopic (exact) mass is 278 g/mol. The molecule has 1 atom stereocenters. The Morgan fingerprint density at radius 3 is 2.62 bits per heavy atom. The Kier molecular flexibility index (Phi) is 3.84. The highest BCUT2D eigenvalue weighted by Crippen LogP contribution is 2.29. The van der Waals surface area contributed by atoms with Gasteiger partial charge in [-0.25, -0.2) is 0 Å². The van der Waals surface area contributed by atoms with E-state index in [0.29, 0.717) is 0 Å². The summed E-state index contributed by atoms with van der Waals surface area (Å²) in [5.41, 5.74) is 6.86. The normalized spacial score (nSPS) is 12.3. The molecule has 3 aromatic rings. The van der Waals surface area contributed by atoms with E-state index in [1.807, 2.05) is 43.3 Å². The first kappa shape index (κ1) is 13.6. The predicted molar refractivity (Wildman–Crippen MR) is 85.5 cm³/mol. The average Bonchev–Trinajstić information content (AvgIpc) is 2.55. The van der Waals surface area contributed by atoms with Crippen molar-refractivity contribution in [3.8, 4) is 11.5 Å². The molecule has 0 unspecified atom stereocenters. The number of pyridine rings is 1. The third-order valence-corrected chi connectivity index (χ3v) is 3.56. The Morgan fingerprint density at radius 2 is 1.86 bits per heavy atom. The van der Waals surface area contributed by atoms with Crippen LogP contribution in [0.5, 0.6) is 11.5 Å². The van der Waals surface area contributed by atoms with E-state index in [0.717, 1.165) is 34.4 Å². The second-order valence-corrected chi connectivity index (χ2v) is 5.01. The van der Waals surface area contributed by atoms with Gasteiger partial charge in [0.2, 0.25) is 0 Å². The van der Waals surface area contributed by atoms with Crippen LogP contribution in [0.25, 0.3) is 10.8 Å². The summed E-state index contributed by atoms with van der Waals surface area (Å²) in [7, 11) is 0. The average molecular weight is 278 g/mol. The van der Waals surface area contributed by atoms with Crippen LogP contribution in [-0.4, -0.2) is 4.98 Å². The molecular weight excluding hydrogens is 260 g/mol. The number of nitrogens with two attached hydrogens (primary N) is 1. The quantitative estimate of drug-likeness (QED) is 0.767. The van der Waals surface area contributed by atoms with Gasteiger partial charge in [-0.1, -0.05) is 43.3 Å². The van der Waals surface area contributed by atoms with Gasteiger partial charge in [0.15, 0.2) is 0 Å². The molecule has 0 radical (unpaired) electrons. The molecule has 106 valence electrons. The lowest BCUT2D eigenvalue weighted by molar-refractivity contribution is 0.484. The van der Waals surface area contributed by atoms with Crippen molar-refractivity contribution in [2.75, 3.05) is 0 Å². The lowest BCUT2D eigenvalue weighted by Crippen LogP contribution is -2.10. The molecule has 3 rings (SSSR count). The van der Waals surface area contributed by atoms with E-state index in [-0.39, 0.29) is 6.04 Å². The molecule has 21 heavy (non-hydrogen) atoms. The Hall–Kier alpha value is -2.39. The summed E-state index contributed by atoms with van der Waals surface area (Å²) >= 11 is 0. The van der Waals surface area contributed by atoms with E-state index in [2.05, 4.69) is 23.2 Å². The maximum absolute atomic E-state index is 5.97. The molecule has 3 nitrogen and oxygen atoms in total. The fourth-order valence-electron chi connectivity index (χ4n) is 2.29. The largest absolute Gasteiger partial charge is 0.455 e. The van der Waals surface area contributed by atoms with E-state index >= 15 is 0 Å². The molecular formula is C18H18N2O. The highest BCUT2D eigenvalue weighted by Gasteiger charge is 2.06. The number of hydrogen-bond donors (Lipinski definition) is 1. The fraction of sp³-hybridized carbons (Fsp3) is 0.167. The number of nitrogens with zero attached hydrogens (tertiary/aromatic N) is 1. The Bertz CT molecular complexity index is 732. The van der Waals surface area contributed by atoms with Gasteiger partial charge in [-0.3, -0.25) is 4.98 Å². The molecule has 1 aromatic heterocycles. The van der Waals surface area contributed by atoms with Gasteiger partial charge < -0.3 is 10.5 Å². The molecule has 0 bridgehead atoms. The second kappa shape index (κ2) is 5.94. The lowest BCUT2D eigenvalue weighted by atomic mass is 10.1. The van der Waals surface area contributed by atoms with Crippen LogP contribution in [0.2, 0.25) is 0 Å². The standard InChI is InChI=1S/C18H18N2O/c1-2-16(19)17-11-10-14(12-20-17)21-18-9-5-7-13-6-3-4-8-15(13)18/h3-12,16H,2,19H2,1H3/t16-/m1/s1. The van der Waals surface area contributed by atoms with E-state index in [9.17, 15) is 0 Å². The molecule has 0 fully saturated rings. The summed E-state index contributed by atoms with van der Waals surface area (Å²) in [5.74, 6) is 1.56. The lowest BCUT2D eigenvalue weighted by Gasteiger charge is -2.11. The zero-order valence-electron chi connectivity index (χ0n) is 12.0. The van der Waals surface area contributed by atoms with Crippen molar-refractivity contribution >= 4 is 10.8 Å². The third-order valence-electron chi connectivity index (χ3n) is 3.56. The predicted octanol–water partition coefficient (Wildman–Crippen LogP) is 4.44. The zero-order chi connectivity index (χ0) is 14.7. The van der Waals surface area contributed by atoms with Gasteiger partial charge in [0.05, 0.1) is 11.9 Å². The highest BCUT2D eigenvalue weighted by molar-refractivity contribution is 5.88. The maximum Gasteiger partial charge on any atom is 0.145 e. The highest BCUT2D eigenvalue weighted by atomic mass is 16.5. The zero-order valence-corrected chi connectivity index (χ0v) is 12.0. The van der Waals surface area contributed by atoms with Crippen LogP contribution < -0.4 is 10.5 Å². The van der Waals surface area contributed by atoms with Crippen molar-refractivity contribution in [2.45, 2.75) is 19.4 Å². The van der Waals surface area contributed by atoms with Gasteiger partial charge in [0, 0.05) is 11.4 Å². The van der Waals surface area contributed by atoms with Gasteiger partial charge in [-0.2, -0.15) is 0 Å². The van der Waals surface area contributed by atoms with Crippen LogP contribution in [0, 0.1) is 0 Å². The number of fused-ring (bicyclic) bond motifs is 1. The molecule has 0 spiro atoms. The van der Waals surface area contributed by atoms with Gasteiger partial charge >= 0.3 is 0 Å². The minimum atomic E-state index is -0.0170. The van der Waals surface area contributed by atoms with Crippen LogP contribution >= 0.6 is 0 Å². The minimum Gasteiger partial charge on any atom is -0.455 e. The molecule has 0 aliphatic carbocycles. The smallest absolute Gasteiger partial charge is 0.145 e. The Morgan fingerprint density at radius 1 is 1.05 bits per heavy atom. The van der Waals surface area contributed by atoms with Crippen LogP contribution in [0.15, 0.2) is 60.8 Å². The number of rotatable bonds is 4. The van der Waals surface area contributed by atoms with E-state index in [1.54, 1.807) is 6.20 Å². The molecule has 2 N–H and O–H groups in total. The number of ether oxygens (including phenoxy) is 1. The number of benzene rings is 2. The Balaban J connectivity index is 1.88. The van der Waals surface area contributed by atoms with Crippen molar-refractivity contribution in [2.24, 2.45) is 5.73 Å². The van der Waals surface area contributed by atoms with Crippen LogP contribution in [0.1, 0.15) is 25.1 Å². The van der Waals surface area contributed by atoms with Crippen LogP contribution in [0.3, 0.4) is 0 Å². The molecule has 3 heteroatoms. The molecule has 0 amide bonds. The molecule has 0 saturated carbocycles. The first-order valence-electron chi connectivity index (χ1n) is 7.15. The second-order valence-electron chi connectivity index (χ2n) is 5.01. The SMILES string of the molecule is CC[C@@H](N)c1ccc(Oc2cccc3ccccc23)cn1. The Labute approximate surface area is 124 Å². The topological polar surface area (TPSA) is 48.1 Å². The van der Waals surface area contributed by atoms with E-state index in [4.69, 9.17) is 10.5 Å². The van der Waals surface area contributed by atoms with Crippen molar-refractivity contribution in [1.29, 1.82) is 0 Å². The first-order chi connectivity index (χ1) is 10.3. The van der Waals surface area contributed by atoms with Gasteiger partial charge in [-0.05, 0) is 30.0 Å². The molecule has 0 saturated heterocycles. The molecule has 0 aliphatic heterocycles. The molecule has 2 aromatic carbocycles.